The summed E-state index contributed by atoms with van der Waals surface area (Å²) in [4.78, 5) is 16.7. The number of halogens is 1. The summed E-state index contributed by atoms with van der Waals surface area (Å²) in [6.45, 7) is 0. The van der Waals surface area contributed by atoms with Crippen molar-refractivity contribution in [1.82, 2.24) is 9.78 Å². The molecule has 1 aromatic heterocycles. The number of hydrogen-bond acceptors (Lipinski definition) is 5. The number of para-hydroxylation sites is 1. The number of rotatable bonds is 5. The van der Waals surface area contributed by atoms with Gasteiger partial charge in [0.1, 0.15) is 5.03 Å². The van der Waals surface area contributed by atoms with Crippen LogP contribution < -0.4 is 11.1 Å². The quantitative estimate of drug-likeness (QED) is 0.220. The van der Waals surface area contributed by atoms with Gasteiger partial charge in [-0.15, -0.1) is 11.8 Å². The minimum atomic E-state index is -0.777. The van der Waals surface area contributed by atoms with Gasteiger partial charge in [-0.1, -0.05) is 41.0 Å². The number of oxime groups is 1. The lowest BCUT2D eigenvalue weighted by atomic mass is 10.3. The van der Waals surface area contributed by atoms with E-state index in [-0.39, 0.29) is 5.84 Å². The predicted molar refractivity (Wildman–Crippen MR) is 108 cm³/mol. The molecule has 3 aromatic rings. The first-order chi connectivity index (χ1) is 13.1. The number of nitrogens with zero attached hydrogens (tertiary/aromatic N) is 3. The number of amides is 1. The summed E-state index contributed by atoms with van der Waals surface area (Å²) in [5, 5.41) is 11.9. The number of benzene rings is 2. The van der Waals surface area contributed by atoms with Crippen molar-refractivity contribution < 1.29 is 9.63 Å². The van der Waals surface area contributed by atoms with Gasteiger partial charge in [0, 0.05) is 16.9 Å². The molecule has 0 saturated carbocycles. The number of carbonyl (C=O) groups excluding carboxylic acids is 1. The van der Waals surface area contributed by atoms with Gasteiger partial charge in [0.15, 0.2) is 5.84 Å². The van der Waals surface area contributed by atoms with Gasteiger partial charge in [0.2, 0.25) is 0 Å². The van der Waals surface area contributed by atoms with Crippen LogP contribution >= 0.6 is 23.4 Å². The van der Waals surface area contributed by atoms with Crippen LogP contribution in [0.2, 0.25) is 5.02 Å². The average Bonchev–Trinajstić information content (AvgIpc) is 3.11. The summed E-state index contributed by atoms with van der Waals surface area (Å²) in [5.74, 6) is 0.0442. The lowest BCUT2D eigenvalue weighted by molar-refractivity contribution is 0.166. The van der Waals surface area contributed by atoms with Crippen LogP contribution in [0.3, 0.4) is 0 Å². The van der Waals surface area contributed by atoms with Crippen molar-refractivity contribution in [3.63, 3.8) is 0 Å². The lowest BCUT2D eigenvalue weighted by Crippen LogP contribution is -2.17. The van der Waals surface area contributed by atoms with Crippen molar-refractivity contribution in [2.45, 2.75) is 5.03 Å². The molecule has 0 bridgehead atoms. The molecule has 7 nitrogen and oxygen atoms in total. The Morgan fingerprint density at radius 1 is 1.26 bits per heavy atom. The number of nitrogens with one attached hydrogen (secondary N) is 1. The zero-order valence-corrected chi connectivity index (χ0v) is 15.9. The van der Waals surface area contributed by atoms with Crippen LogP contribution in [0.25, 0.3) is 5.69 Å². The summed E-state index contributed by atoms with van der Waals surface area (Å²) in [7, 11) is 0. The normalized spacial score (nSPS) is 11.3. The summed E-state index contributed by atoms with van der Waals surface area (Å²) in [5.41, 5.74) is 7.93. The van der Waals surface area contributed by atoms with Gasteiger partial charge in [0.05, 0.1) is 11.3 Å². The second-order valence-electron chi connectivity index (χ2n) is 5.32. The van der Waals surface area contributed by atoms with Crippen LogP contribution in [0.15, 0.2) is 71.0 Å². The van der Waals surface area contributed by atoms with Crippen LogP contribution in [-0.2, 0) is 4.84 Å². The van der Waals surface area contributed by atoms with E-state index in [1.54, 1.807) is 35.1 Å². The molecule has 138 valence electrons. The second kappa shape index (κ2) is 8.61. The molecule has 3 rings (SSSR count). The van der Waals surface area contributed by atoms with Crippen molar-refractivity contribution in [3.8, 4) is 5.69 Å². The second-order valence-corrected chi connectivity index (χ2v) is 6.55. The number of hydrogen-bond donors (Lipinski definition) is 2. The van der Waals surface area contributed by atoms with Gasteiger partial charge in [-0.05, 0) is 36.6 Å². The van der Waals surface area contributed by atoms with E-state index in [9.17, 15) is 4.79 Å². The van der Waals surface area contributed by atoms with Crippen LogP contribution in [0.4, 0.5) is 10.5 Å². The van der Waals surface area contributed by atoms with E-state index in [1.165, 1.54) is 11.8 Å². The minimum absolute atomic E-state index is 0.0442. The molecule has 0 fully saturated rings. The molecule has 1 heterocycles. The van der Waals surface area contributed by atoms with E-state index in [4.69, 9.17) is 22.2 Å². The standard InChI is InChI=1S/C18H16ClN5O2S/c1-27-17-15(11-24(22-17)14-8-3-2-4-9-14)16(20)23-26-18(25)21-13-7-5-6-12(19)10-13/h2-11H,1H3,(H2,20,23)(H,21,25). The number of carbonyl (C=O) groups is 1. The molecule has 1 amide bonds. The Bertz CT molecular complexity index is 975. The monoisotopic (exact) mass is 401 g/mol. The Kier molecular flexibility index (Phi) is 6.00. The third kappa shape index (κ3) is 4.81. The minimum Gasteiger partial charge on any atom is -0.380 e. The molecule has 0 aliphatic rings. The SMILES string of the molecule is CSc1nn(-c2ccccc2)cc1C(N)=NOC(=O)Nc1cccc(Cl)c1. The van der Waals surface area contributed by atoms with Gasteiger partial charge in [0.25, 0.3) is 0 Å². The Hall–Kier alpha value is -2.97. The molecule has 0 aliphatic carbocycles. The van der Waals surface area contributed by atoms with Crippen LogP contribution in [0, 0.1) is 0 Å². The van der Waals surface area contributed by atoms with Crippen LogP contribution in [-0.4, -0.2) is 28.0 Å². The Morgan fingerprint density at radius 2 is 2.04 bits per heavy atom. The van der Waals surface area contributed by atoms with Gasteiger partial charge in [-0.25, -0.2) is 9.48 Å². The molecule has 0 spiro atoms. The molecule has 0 saturated heterocycles. The fraction of sp³-hybridized carbons (Fsp3) is 0.0556. The number of amidine groups is 1. The van der Waals surface area contributed by atoms with E-state index in [0.29, 0.717) is 21.3 Å². The Morgan fingerprint density at radius 3 is 2.74 bits per heavy atom. The zero-order chi connectivity index (χ0) is 19.2. The molecule has 0 unspecified atom stereocenters. The third-order valence-electron chi connectivity index (χ3n) is 3.47. The molecule has 3 N–H and O–H groups in total. The van der Waals surface area contributed by atoms with Crippen molar-refractivity contribution in [2.75, 3.05) is 11.6 Å². The topological polar surface area (TPSA) is 94.5 Å². The molecular weight excluding hydrogens is 386 g/mol. The van der Waals surface area contributed by atoms with E-state index in [0.717, 1.165) is 5.69 Å². The van der Waals surface area contributed by atoms with Crippen LogP contribution in [0.5, 0.6) is 0 Å². The molecule has 0 atom stereocenters. The number of nitrogens with two attached hydrogens (primary N) is 1. The van der Waals surface area contributed by atoms with Crippen molar-refractivity contribution in [2.24, 2.45) is 10.9 Å². The first kappa shape index (κ1) is 18.8. The maximum atomic E-state index is 11.9. The summed E-state index contributed by atoms with van der Waals surface area (Å²) >= 11 is 7.29. The maximum Gasteiger partial charge on any atom is 0.437 e. The van der Waals surface area contributed by atoms with Gasteiger partial charge < -0.3 is 5.73 Å². The van der Waals surface area contributed by atoms with Gasteiger partial charge >= 0.3 is 6.09 Å². The highest BCUT2D eigenvalue weighted by Crippen LogP contribution is 2.20. The number of thioether (sulfide) groups is 1. The van der Waals surface area contributed by atoms with E-state index in [2.05, 4.69) is 15.6 Å². The van der Waals surface area contributed by atoms with Gasteiger partial charge in [-0.2, -0.15) is 5.10 Å². The van der Waals surface area contributed by atoms with Gasteiger partial charge in [-0.3, -0.25) is 10.2 Å². The first-order valence-corrected chi connectivity index (χ1v) is 9.43. The molecule has 2 aromatic carbocycles. The first-order valence-electron chi connectivity index (χ1n) is 7.83. The fourth-order valence-electron chi connectivity index (χ4n) is 2.24. The zero-order valence-electron chi connectivity index (χ0n) is 14.3. The Balaban J connectivity index is 1.73. The molecule has 0 radical (unpaired) electrons. The van der Waals surface area contributed by atoms with Crippen molar-refractivity contribution in [1.29, 1.82) is 0 Å². The summed E-state index contributed by atoms with van der Waals surface area (Å²) in [6.07, 6.45) is 2.83. The van der Waals surface area contributed by atoms with E-state index >= 15 is 0 Å². The molecular formula is C18H16ClN5O2S. The largest absolute Gasteiger partial charge is 0.437 e. The van der Waals surface area contributed by atoms with Crippen LogP contribution in [0.1, 0.15) is 5.56 Å². The molecule has 0 aliphatic heterocycles. The predicted octanol–water partition coefficient (Wildman–Crippen LogP) is 4.12. The lowest BCUT2D eigenvalue weighted by Gasteiger charge is -2.03. The van der Waals surface area contributed by atoms with E-state index in [1.807, 2.05) is 36.6 Å². The maximum absolute atomic E-state index is 11.9. The highest BCUT2D eigenvalue weighted by Gasteiger charge is 2.14. The van der Waals surface area contributed by atoms with E-state index < -0.39 is 6.09 Å². The average molecular weight is 402 g/mol. The van der Waals surface area contributed by atoms with Crippen molar-refractivity contribution >= 4 is 41.0 Å². The highest BCUT2D eigenvalue weighted by molar-refractivity contribution is 7.98. The molecule has 9 heteroatoms. The fourth-order valence-corrected chi connectivity index (χ4v) is 2.98. The smallest absolute Gasteiger partial charge is 0.380 e. The number of anilines is 1. The van der Waals surface area contributed by atoms with Crippen molar-refractivity contribution in [3.05, 3.63) is 71.4 Å². The summed E-state index contributed by atoms with van der Waals surface area (Å²) < 4.78 is 1.69. The highest BCUT2D eigenvalue weighted by atomic mass is 35.5. The number of aromatic nitrogens is 2. The third-order valence-corrected chi connectivity index (χ3v) is 4.39. The Labute approximate surface area is 165 Å². The molecule has 27 heavy (non-hydrogen) atoms. The summed E-state index contributed by atoms with van der Waals surface area (Å²) in [6, 6.07) is 16.3.